The largest absolute Gasteiger partial charge is 0.326 e. The summed E-state index contributed by atoms with van der Waals surface area (Å²) in [5.41, 5.74) is 7.31. The van der Waals surface area contributed by atoms with E-state index in [0.717, 1.165) is 30.2 Å². The fourth-order valence-corrected chi connectivity index (χ4v) is 3.35. The molecule has 4 nitrogen and oxygen atoms in total. The second kappa shape index (κ2) is 4.67. The van der Waals surface area contributed by atoms with Gasteiger partial charge in [-0.3, -0.25) is 0 Å². The lowest BCUT2D eigenvalue weighted by Crippen LogP contribution is -2.33. The van der Waals surface area contributed by atoms with Crippen LogP contribution in [0.3, 0.4) is 0 Å². The number of nitrogens with zero attached hydrogens (tertiary/aromatic N) is 3. The fourth-order valence-electron chi connectivity index (χ4n) is 3.35. The third-order valence-electron chi connectivity index (χ3n) is 4.32. The molecule has 0 saturated heterocycles. The van der Waals surface area contributed by atoms with E-state index in [-0.39, 0.29) is 6.04 Å². The Balaban J connectivity index is 1.95. The van der Waals surface area contributed by atoms with Crippen LogP contribution in [0.15, 0.2) is 42.5 Å². The van der Waals surface area contributed by atoms with Crippen LogP contribution in [0.5, 0.6) is 0 Å². The van der Waals surface area contributed by atoms with Gasteiger partial charge in [0.1, 0.15) is 5.82 Å². The lowest BCUT2D eigenvalue weighted by molar-refractivity contribution is 0.409. The van der Waals surface area contributed by atoms with Gasteiger partial charge in [-0.05, 0) is 17.2 Å². The Morgan fingerprint density at radius 1 is 1.10 bits per heavy atom. The molecule has 106 valence electrons. The Morgan fingerprint density at radius 3 is 2.81 bits per heavy atom. The molecule has 1 aliphatic heterocycles. The van der Waals surface area contributed by atoms with Crippen LogP contribution in [0, 0.1) is 0 Å². The van der Waals surface area contributed by atoms with E-state index in [0.29, 0.717) is 5.92 Å². The van der Waals surface area contributed by atoms with E-state index >= 15 is 0 Å². The van der Waals surface area contributed by atoms with Crippen LogP contribution in [0.25, 0.3) is 22.2 Å². The number of fused-ring (bicyclic) bond motifs is 2. The molecular weight excluding hydrogens is 260 g/mol. The second-order valence-corrected chi connectivity index (χ2v) is 5.92. The van der Waals surface area contributed by atoms with Crippen LogP contribution < -0.4 is 5.73 Å². The molecule has 21 heavy (non-hydrogen) atoms. The molecule has 0 radical (unpaired) electrons. The van der Waals surface area contributed by atoms with E-state index in [9.17, 15) is 0 Å². The van der Waals surface area contributed by atoms with E-state index in [1.54, 1.807) is 0 Å². The highest BCUT2D eigenvalue weighted by Crippen LogP contribution is 2.32. The van der Waals surface area contributed by atoms with Gasteiger partial charge in [-0.2, -0.15) is 0 Å². The molecule has 2 atom stereocenters. The Morgan fingerprint density at radius 2 is 1.90 bits per heavy atom. The minimum absolute atomic E-state index is 0.178. The summed E-state index contributed by atoms with van der Waals surface area (Å²) in [7, 11) is 0. The summed E-state index contributed by atoms with van der Waals surface area (Å²) in [5, 5.41) is 11.3. The van der Waals surface area contributed by atoms with Gasteiger partial charge in [-0.1, -0.05) is 49.4 Å². The highest BCUT2D eigenvalue weighted by atomic mass is 15.3. The maximum Gasteiger partial charge on any atom is 0.164 e. The average Bonchev–Trinajstić information content (AvgIpc) is 2.90. The summed E-state index contributed by atoms with van der Waals surface area (Å²) in [6.07, 6.45) is 0.980. The molecule has 4 rings (SSSR count). The Hall–Kier alpha value is -2.20. The van der Waals surface area contributed by atoms with Gasteiger partial charge < -0.3 is 10.3 Å². The summed E-state index contributed by atoms with van der Waals surface area (Å²) in [5.74, 6) is 2.36. The van der Waals surface area contributed by atoms with Crippen LogP contribution >= 0.6 is 0 Å². The SMILES string of the molecule is CC1CC(N)Cn2c(-c3cccc4ccccc34)nnc21. The molecule has 2 N–H and O–H groups in total. The maximum atomic E-state index is 6.18. The average molecular weight is 278 g/mol. The van der Waals surface area contributed by atoms with Gasteiger partial charge in [0.15, 0.2) is 5.82 Å². The van der Waals surface area contributed by atoms with Crippen molar-refractivity contribution in [3.05, 3.63) is 48.3 Å². The lowest BCUT2D eigenvalue weighted by atomic mass is 9.97. The van der Waals surface area contributed by atoms with Gasteiger partial charge in [0.2, 0.25) is 0 Å². The Labute approximate surface area is 123 Å². The number of nitrogens with two attached hydrogens (primary N) is 1. The first kappa shape index (κ1) is 12.5. The quantitative estimate of drug-likeness (QED) is 0.744. The molecule has 1 aromatic heterocycles. The van der Waals surface area contributed by atoms with Crippen molar-refractivity contribution in [2.75, 3.05) is 0 Å². The van der Waals surface area contributed by atoms with Gasteiger partial charge in [0, 0.05) is 24.1 Å². The zero-order valence-electron chi connectivity index (χ0n) is 12.0. The zero-order chi connectivity index (χ0) is 14.4. The van der Waals surface area contributed by atoms with Crippen molar-refractivity contribution in [1.29, 1.82) is 0 Å². The maximum absolute atomic E-state index is 6.18. The summed E-state index contributed by atoms with van der Waals surface area (Å²) in [6, 6.07) is 14.9. The summed E-state index contributed by atoms with van der Waals surface area (Å²) < 4.78 is 2.20. The smallest absolute Gasteiger partial charge is 0.164 e. The van der Waals surface area contributed by atoms with E-state index in [4.69, 9.17) is 5.73 Å². The molecule has 0 bridgehead atoms. The molecule has 0 fully saturated rings. The van der Waals surface area contributed by atoms with Crippen molar-refractivity contribution in [1.82, 2.24) is 14.8 Å². The number of aromatic nitrogens is 3. The first-order chi connectivity index (χ1) is 10.2. The Bertz CT molecular complexity index is 800. The number of benzene rings is 2. The Kier molecular flexibility index (Phi) is 2.79. The molecule has 1 aliphatic rings. The minimum atomic E-state index is 0.178. The van der Waals surface area contributed by atoms with Gasteiger partial charge in [-0.25, -0.2) is 0 Å². The number of rotatable bonds is 1. The van der Waals surface area contributed by atoms with Crippen molar-refractivity contribution in [2.45, 2.75) is 31.8 Å². The van der Waals surface area contributed by atoms with Gasteiger partial charge >= 0.3 is 0 Å². The van der Waals surface area contributed by atoms with Gasteiger partial charge in [0.05, 0.1) is 0 Å². The van der Waals surface area contributed by atoms with E-state index in [1.165, 1.54) is 10.8 Å². The van der Waals surface area contributed by atoms with Gasteiger partial charge in [-0.15, -0.1) is 10.2 Å². The van der Waals surface area contributed by atoms with Crippen molar-refractivity contribution in [3.63, 3.8) is 0 Å². The predicted molar refractivity (Wildman–Crippen MR) is 84.0 cm³/mol. The molecule has 2 unspecified atom stereocenters. The summed E-state index contributed by atoms with van der Waals surface area (Å²) in [4.78, 5) is 0. The molecule has 2 heterocycles. The van der Waals surface area contributed by atoms with E-state index < -0.39 is 0 Å². The van der Waals surface area contributed by atoms with Crippen molar-refractivity contribution < 1.29 is 0 Å². The third kappa shape index (κ3) is 1.94. The monoisotopic (exact) mass is 278 g/mol. The zero-order valence-corrected chi connectivity index (χ0v) is 12.0. The molecule has 0 amide bonds. The molecule has 3 aromatic rings. The molecule has 0 aliphatic carbocycles. The number of hydrogen-bond acceptors (Lipinski definition) is 3. The van der Waals surface area contributed by atoms with Crippen molar-refractivity contribution >= 4 is 10.8 Å². The predicted octanol–water partition coefficient (Wildman–Crippen LogP) is 2.93. The van der Waals surface area contributed by atoms with Crippen LogP contribution in [-0.4, -0.2) is 20.8 Å². The summed E-state index contributed by atoms with van der Waals surface area (Å²) >= 11 is 0. The lowest BCUT2D eigenvalue weighted by Gasteiger charge is -2.25. The normalized spacial score (nSPS) is 21.4. The summed E-state index contributed by atoms with van der Waals surface area (Å²) in [6.45, 7) is 2.97. The van der Waals surface area contributed by atoms with Gasteiger partial charge in [0.25, 0.3) is 0 Å². The topological polar surface area (TPSA) is 56.7 Å². The van der Waals surface area contributed by atoms with Crippen LogP contribution in [-0.2, 0) is 6.54 Å². The fraction of sp³-hybridized carbons (Fsp3) is 0.294. The third-order valence-corrected chi connectivity index (χ3v) is 4.32. The van der Waals surface area contributed by atoms with Crippen LogP contribution in [0.2, 0.25) is 0 Å². The standard InChI is InChI=1S/C17H18N4/c1-11-9-13(18)10-21-16(11)19-20-17(21)15-8-4-6-12-5-2-3-7-14(12)15/h2-8,11,13H,9-10,18H2,1H3. The second-order valence-electron chi connectivity index (χ2n) is 5.92. The minimum Gasteiger partial charge on any atom is -0.326 e. The molecular formula is C17H18N4. The molecule has 0 saturated carbocycles. The molecule has 0 spiro atoms. The van der Waals surface area contributed by atoms with Crippen LogP contribution in [0.1, 0.15) is 25.1 Å². The first-order valence-corrected chi connectivity index (χ1v) is 7.41. The van der Waals surface area contributed by atoms with Crippen LogP contribution in [0.4, 0.5) is 0 Å². The highest BCUT2D eigenvalue weighted by Gasteiger charge is 2.27. The highest BCUT2D eigenvalue weighted by molar-refractivity contribution is 5.95. The van der Waals surface area contributed by atoms with Crippen molar-refractivity contribution in [3.8, 4) is 11.4 Å². The molecule has 2 aromatic carbocycles. The first-order valence-electron chi connectivity index (χ1n) is 7.41. The van der Waals surface area contributed by atoms with E-state index in [1.807, 2.05) is 0 Å². The van der Waals surface area contributed by atoms with Crippen molar-refractivity contribution in [2.24, 2.45) is 5.73 Å². The number of hydrogen-bond donors (Lipinski definition) is 1. The molecule has 4 heteroatoms. The van der Waals surface area contributed by atoms with E-state index in [2.05, 4.69) is 64.2 Å².